The maximum atomic E-state index is 3.62. The summed E-state index contributed by atoms with van der Waals surface area (Å²) in [6, 6.07) is 7.40. The Bertz CT molecular complexity index is 433. The summed E-state index contributed by atoms with van der Waals surface area (Å²) < 4.78 is 1.21. The van der Waals surface area contributed by atoms with Gasteiger partial charge in [-0.05, 0) is 69.6 Å². The van der Waals surface area contributed by atoms with Gasteiger partial charge in [-0.2, -0.15) is 0 Å². The van der Waals surface area contributed by atoms with Crippen molar-refractivity contribution < 1.29 is 0 Å². The molecule has 3 heteroatoms. The van der Waals surface area contributed by atoms with Crippen molar-refractivity contribution in [2.24, 2.45) is 5.92 Å². The second-order valence-corrected chi connectivity index (χ2v) is 6.85. The molecule has 2 unspecified atom stereocenters. The summed E-state index contributed by atoms with van der Waals surface area (Å²) in [7, 11) is 2.28. The summed E-state index contributed by atoms with van der Waals surface area (Å²) in [6.45, 7) is 7.78. The van der Waals surface area contributed by atoms with Crippen molar-refractivity contribution in [3.8, 4) is 0 Å². The molecule has 0 spiro atoms. The number of likely N-dealkylation sites (tertiary alicyclic amines) is 1. The fourth-order valence-corrected chi connectivity index (χ4v) is 3.59. The van der Waals surface area contributed by atoms with E-state index >= 15 is 0 Å². The van der Waals surface area contributed by atoms with Crippen LogP contribution in [0.15, 0.2) is 22.7 Å². The van der Waals surface area contributed by atoms with Gasteiger partial charge < -0.3 is 5.32 Å². The number of hydrogen-bond donors (Lipinski definition) is 1. The molecule has 0 bridgehead atoms. The lowest BCUT2D eigenvalue weighted by atomic mass is 9.88. The lowest BCUT2D eigenvalue weighted by molar-refractivity contribution is 0.189. The Kier molecular flexibility index (Phi) is 6.06. The fraction of sp³-hybridized carbons (Fsp3) is 0.647. The van der Waals surface area contributed by atoms with Crippen LogP contribution in [0.5, 0.6) is 0 Å². The van der Waals surface area contributed by atoms with E-state index in [0.717, 1.165) is 13.1 Å². The van der Waals surface area contributed by atoms with Crippen molar-refractivity contribution >= 4 is 15.9 Å². The van der Waals surface area contributed by atoms with Crippen molar-refractivity contribution in [3.63, 3.8) is 0 Å². The molecule has 1 aliphatic rings. The van der Waals surface area contributed by atoms with Crippen LogP contribution in [0.3, 0.4) is 0 Å². The molecule has 1 N–H and O–H groups in total. The van der Waals surface area contributed by atoms with E-state index in [0.29, 0.717) is 12.0 Å². The molecule has 2 atom stereocenters. The predicted octanol–water partition coefficient (Wildman–Crippen LogP) is 4.14. The predicted molar refractivity (Wildman–Crippen MR) is 90.1 cm³/mol. The van der Waals surface area contributed by atoms with Crippen LogP contribution in [0.25, 0.3) is 0 Å². The van der Waals surface area contributed by atoms with Gasteiger partial charge in [0.05, 0.1) is 0 Å². The minimum atomic E-state index is 0.545. The van der Waals surface area contributed by atoms with Gasteiger partial charge in [0.1, 0.15) is 0 Å². The highest BCUT2D eigenvalue weighted by Gasteiger charge is 2.28. The van der Waals surface area contributed by atoms with Crippen molar-refractivity contribution in [3.05, 3.63) is 33.8 Å². The van der Waals surface area contributed by atoms with Crippen molar-refractivity contribution in [2.45, 2.75) is 39.2 Å². The molecule has 0 amide bonds. The molecule has 1 saturated heterocycles. The van der Waals surface area contributed by atoms with E-state index in [2.05, 4.69) is 65.2 Å². The molecule has 20 heavy (non-hydrogen) atoms. The molecule has 1 aliphatic heterocycles. The van der Waals surface area contributed by atoms with Crippen molar-refractivity contribution in [1.82, 2.24) is 10.2 Å². The third kappa shape index (κ3) is 3.84. The number of rotatable bonds is 4. The van der Waals surface area contributed by atoms with Gasteiger partial charge in [0.25, 0.3) is 0 Å². The minimum Gasteiger partial charge on any atom is -0.317 e. The number of benzene rings is 1. The second kappa shape index (κ2) is 7.58. The largest absolute Gasteiger partial charge is 0.317 e. The Morgan fingerprint density at radius 1 is 1.35 bits per heavy atom. The number of nitrogens with zero attached hydrogens (tertiary/aromatic N) is 1. The first-order valence-corrected chi connectivity index (χ1v) is 8.59. The van der Waals surface area contributed by atoms with Crippen LogP contribution in [0.4, 0.5) is 0 Å². The lowest BCUT2D eigenvalue weighted by Gasteiger charge is -2.33. The van der Waals surface area contributed by atoms with Crippen molar-refractivity contribution in [1.29, 1.82) is 0 Å². The number of nitrogens with one attached hydrogen (secondary N) is 1. The SMILES string of the molecule is CCNCC1CCCCN(C)C1c1ccc(Br)c(C)c1. The van der Waals surface area contributed by atoms with E-state index in [4.69, 9.17) is 0 Å². The van der Waals surface area contributed by atoms with Gasteiger partial charge in [0.15, 0.2) is 0 Å². The zero-order chi connectivity index (χ0) is 14.5. The molecule has 2 nitrogen and oxygen atoms in total. The Morgan fingerprint density at radius 3 is 2.85 bits per heavy atom. The van der Waals surface area contributed by atoms with Crippen LogP contribution in [0.2, 0.25) is 0 Å². The zero-order valence-electron chi connectivity index (χ0n) is 13.0. The highest BCUT2D eigenvalue weighted by atomic mass is 79.9. The topological polar surface area (TPSA) is 15.3 Å². The second-order valence-electron chi connectivity index (χ2n) is 6.00. The third-order valence-corrected chi connectivity index (χ3v) is 5.33. The zero-order valence-corrected chi connectivity index (χ0v) is 14.5. The normalized spacial score (nSPS) is 24.6. The van der Waals surface area contributed by atoms with E-state index in [1.807, 2.05) is 0 Å². The first-order valence-electron chi connectivity index (χ1n) is 7.80. The van der Waals surface area contributed by atoms with Gasteiger partial charge in [-0.25, -0.2) is 0 Å². The summed E-state index contributed by atoms with van der Waals surface area (Å²) in [5.74, 6) is 0.711. The van der Waals surface area contributed by atoms with Crippen LogP contribution in [-0.4, -0.2) is 31.6 Å². The van der Waals surface area contributed by atoms with Gasteiger partial charge in [-0.3, -0.25) is 4.90 Å². The van der Waals surface area contributed by atoms with Gasteiger partial charge in [-0.15, -0.1) is 0 Å². The summed E-state index contributed by atoms with van der Waals surface area (Å²) in [5.41, 5.74) is 2.81. The molecular weight excluding hydrogens is 312 g/mol. The van der Waals surface area contributed by atoms with Gasteiger partial charge in [0, 0.05) is 10.5 Å². The molecule has 0 aliphatic carbocycles. The van der Waals surface area contributed by atoms with E-state index < -0.39 is 0 Å². The van der Waals surface area contributed by atoms with E-state index in [-0.39, 0.29) is 0 Å². The lowest BCUT2D eigenvalue weighted by Crippen LogP contribution is -2.34. The van der Waals surface area contributed by atoms with Gasteiger partial charge >= 0.3 is 0 Å². The maximum Gasteiger partial charge on any atom is 0.0385 e. The van der Waals surface area contributed by atoms with Gasteiger partial charge in [0.2, 0.25) is 0 Å². The van der Waals surface area contributed by atoms with E-state index in [1.54, 1.807) is 0 Å². The number of hydrogen-bond acceptors (Lipinski definition) is 2. The standard InChI is InChI=1S/C17H27BrN2/c1-4-19-12-15-7-5-6-10-20(3)17(15)14-8-9-16(18)13(2)11-14/h8-9,11,15,17,19H,4-7,10,12H2,1-3H3. The summed E-state index contributed by atoms with van der Waals surface area (Å²) in [5, 5.41) is 3.56. The van der Waals surface area contributed by atoms with Crippen LogP contribution in [0.1, 0.15) is 43.4 Å². The minimum absolute atomic E-state index is 0.545. The molecule has 0 radical (unpaired) electrons. The smallest absolute Gasteiger partial charge is 0.0385 e. The molecule has 112 valence electrons. The van der Waals surface area contributed by atoms with E-state index in [1.165, 1.54) is 41.4 Å². The molecule has 2 rings (SSSR count). The number of aryl methyl sites for hydroxylation is 1. The van der Waals surface area contributed by atoms with Gasteiger partial charge in [-0.1, -0.05) is 41.4 Å². The van der Waals surface area contributed by atoms with Crippen molar-refractivity contribution in [2.75, 3.05) is 26.7 Å². The number of halogens is 1. The third-order valence-electron chi connectivity index (χ3n) is 4.44. The summed E-state index contributed by atoms with van der Waals surface area (Å²) >= 11 is 3.62. The summed E-state index contributed by atoms with van der Waals surface area (Å²) in [4.78, 5) is 2.55. The Hall–Kier alpha value is -0.380. The monoisotopic (exact) mass is 338 g/mol. The van der Waals surface area contributed by atoms with E-state index in [9.17, 15) is 0 Å². The fourth-order valence-electron chi connectivity index (χ4n) is 3.35. The van der Waals surface area contributed by atoms with Crippen LogP contribution in [-0.2, 0) is 0 Å². The quantitative estimate of drug-likeness (QED) is 0.887. The maximum absolute atomic E-state index is 3.62. The first kappa shape index (κ1) is 16.0. The molecule has 1 fully saturated rings. The Labute approximate surface area is 132 Å². The Morgan fingerprint density at radius 2 is 2.15 bits per heavy atom. The van der Waals surface area contributed by atoms with Crippen LogP contribution >= 0.6 is 15.9 Å². The average molecular weight is 339 g/mol. The molecular formula is C17H27BrN2. The molecule has 1 aromatic rings. The molecule has 0 aromatic heterocycles. The molecule has 1 heterocycles. The Balaban J connectivity index is 2.26. The van der Waals surface area contributed by atoms with Crippen LogP contribution < -0.4 is 5.32 Å². The van der Waals surface area contributed by atoms with Crippen LogP contribution in [0, 0.1) is 12.8 Å². The highest BCUT2D eigenvalue weighted by Crippen LogP contribution is 2.35. The highest BCUT2D eigenvalue weighted by molar-refractivity contribution is 9.10. The average Bonchev–Trinajstić information content (AvgIpc) is 2.61. The first-order chi connectivity index (χ1) is 9.63. The molecule has 0 saturated carbocycles. The molecule has 1 aromatic carbocycles. The summed E-state index contributed by atoms with van der Waals surface area (Å²) in [6.07, 6.45) is 4.01.